The minimum Gasteiger partial charge on any atom is -0.497 e. The zero-order chi connectivity index (χ0) is 8.55. The van der Waals surface area contributed by atoms with Crippen LogP contribution in [-0.2, 0) is 0 Å². The van der Waals surface area contributed by atoms with Crippen molar-refractivity contribution in [2.45, 2.75) is 0 Å². The number of hydrogen-bond donors (Lipinski definition) is 1. The van der Waals surface area contributed by atoms with Crippen LogP contribution < -0.4 is 4.74 Å². The van der Waals surface area contributed by atoms with Gasteiger partial charge in [0, 0.05) is 12.1 Å². The van der Waals surface area contributed by atoms with E-state index in [1.165, 1.54) is 19.4 Å². The predicted molar refractivity (Wildman–Crippen MR) is 42.6 cm³/mol. The molecule has 0 aliphatic carbocycles. The Bertz CT molecular complexity index is 410. The molecule has 2 aromatic rings. The van der Waals surface area contributed by atoms with Crippen LogP contribution in [0.4, 0.5) is 4.39 Å². The fraction of sp³-hybridized carbons (Fsp3) is 0.125. The Kier molecular flexibility index (Phi) is 1.46. The lowest BCUT2D eigenvalue weighted by Crippen LogP contribution is -1.84. The molecular weight excluding hydrogens is 159 g/mol. The predicted octanol–water partition coefficient (Wildman–Crippen LogP) is 1.71. The maximum absolute atomic E-state index is 13.1. The molecule has 0 aliphatic rings. The Morgan fingerprint density at radius 3 is 3.08 bits per heavy atom. The van der Waals surface area contributed by atoms with Crippen LogP contribution in [-0.4, -0.2) is 17.3 Å². The molecule has 0 aliphatic heterocycles. The molecule has 62 valence electrons. The number of rotatable bonds is 1. The third kappa shape index (κ3) is 0.922. The fourth-order valence-electron chi connectivity index (χ4n) is 1.10. The van der Waals surface area contributed by atoms with Gasteiger partial charge in [0.1, 0.15) is 11.6 Å². The summed E-state index contributed by atoms with van der Waals surface area (Å²) < 4.78 is 18.0. The molecule has 0 amide bonds. The van der Waals surface area contributed by atoms with Gasteiger partial charge < -0.3 is 4.74 Å². The monoisotopic (exact) mass is 166 g/mol. The van der Waals surface area contributed by atoms with Crippen molar-refractivity contribution in [3.05, 3.63) is 24.1 Å². The summed E-state index contributed by atoms with van der Waals surface area (Å²) in [6.45, 7) is 0. The molecule has 1 aromatic carbocycles. The standard InChI is InChI=1S/C8H7FN2O/c1-12-5-2-7(9)6-4-10-11-8(6)3-5/h2-4H,1H3,(H,10,11). The van der Waals surface area contributed by atoms with Gasteiger partial charge in [0.05, 0.1) is 24.2 Å². The Morgan fingerprint density at radius 1 is 1.50 bits per heavy atom. The summed E-state index contributed by atoms with van der Waals surface area (Å²) in [5.74, 6) is 0.169. The third-order valence-electron chi connectivity index (χ3n) is 1.72. The maximum Gasteiger partial charge on any atom is 0.137 e. The number of hydrogen-bond acceptors (Lipinski definition) is 2. The second kappa shape index (κ2) is 2.48. The van der Waals surface area contributed by atoms with Crippen LogP contribution in [0.15, 0.2) is 18.3 Å². The summed E-state index contributed by atoms with van der Waals surface area (Å²) >= 11 is 0. The molecule has 1 N–H and O–H groups in total. The quantitative estimate of drug-likeness (QED) is 0.700. The van der Waals surface area contributed by atoms with Crippen LogP contribution in [0, 0.1) is 5.82 Å². The molecule has 0 bridgehead atoms. The van der Waals surface area contributed by atoms with Crippen LogP contribution in [0.2, 0.25) is 0 Å². The van der Waals surface area contributed by atoms with Crippen LogP contribution in [0.5, 0.6) is 5.75 Å². The third-order valence-corrected chi connectivity index (χ3v) is 1.72. The first-order chi connectivity index (χ1) is 5.81. The molecule has 0 saturated carbocycles. The number of fused-ring (bicyclic) bond motifs is 1. The number of aromatic nitrogens is 2. The van der Waals surface area contributed by atoms with Gasteiger partial charge in [-0.1, -0.05) is 0 Å². The van der Waals surface area contributed by atoms with Gasteiger partial charge in [0.2, 0.25) is 0 Å². The molecule has 1 aromatic heterocycles. The first-order valence-corrected chi connectivity index (χ1v) is 3.48. The molecule has 12 heavy (non-hydrogen) atoms. The number of aromatic amines is 1. The summed E-state index contributed by atoms with van der Waals surface area (Å²) in [5, 5.41) is 6.86. The van der Waals surface area contributed by atoms with E-state index < -0.39 is 0 Å². The Morgan fingerprint density at radius 2 is 2.33 bits per heavy atom. The molecule has 0 atom stereocenters. The molecule has 0 unspecified atom stereocenters. The van der Waals surface area contributed by atoms with E-state index in [4.69, 9.17) is 4.74 Å². The van der Waals surface area contributed by atoms with E-state index >= 15 is 0 Å². The van der Waals surface area contributed by atoms with Crippen molar-refractivity contribution in [2.24, 2.45) is 0 Å². The average molecular weight is 166 g/mol. The van der Waals surface area contributed by atoms with Crippen molar-refractivity contribution in [2.75, 3.05) is 7.11 Å². The number of nitrogens with one attached hydrogen (secondary N) is 1. The van der Waals surface area contributed by atoms with E-state index in [0.29, 0.717) is 16.7 Å². The number of methoxy groups -OCH3 is 1. The van der Waals surface area contributed by atoms with Crippen molar-refractivity contribution < 1.29 is 9.13 Å². The van der Waals surface area contributed by atoms with Crippen LogP contribution >= 0.6 is 0 Å². The molecule has 0 spiro atoms. The Balaban J connectivity index is 2.75. The van der Waals surface area contributed by atoms with Crippen LogP contribution in [0.25, 0.3) is 10.9 Å². The van der Waals surface area contributed by atoms with Crippen molar-refractivity contribution in [3.63, 3.8) is 0 Å². The maximum atomic E-state index is 13.1. The lowest BCUT2D eigenvalue weighted by atomic mass is 10.2. The summed E-state index contributed by atoms with van der Waals surface area (Å²) in [4.78, 5) is 0. The molecular formula is C8H7FN2O. The highest BCUT2D eigenvalue weighted by Gasteiger charge is 2.04. The van der Waals surface area contributed by atoms with E-state index in [-0.39, 0.29) is 5.82 Å². The van der Waals surface area contributed by atoms with Gasteiger partial charge in [-0.05, 0) is 0 Å². The van der Waals surface area contributed by atoms with E-state index in [1.54, 1.807) is 6.07 Å². The summed E-state index contributed by atoms with van der Waals surface area (Å²) in [7, 11) is 1.50. The zero-order valence-electron chi connectivity index (χ0n) is 6.47. The fourth-order valence-corrected chi connectivity index (χ4v) is 1.10. The van der Waals surface area contributed by atoms with Gasteiger partial charge in [-0.25, -0.2) is 4.39 Å². The first-order valence-electron chi connectivity index (χ1n) is 3.48. The summed E-state index contributed by atoms with van der Waals surface area (Å²) in [6, 6.07) is 3.03. The molecule has 0 fully saturated rings. The van der Waals surface area contributed by atoms with Gasteiger partial charge in [0.15, 0.2) is 0 Å². The number of H-pyrrole nitrogens is 1. The minimum absolute atomic E-state index is 0.321. The zero-order valence-corrected chi connectivity index (χ0v) is 6.47. The smallest absolute Gasteiger partial charge is 0.137 e. The highest BCUT2D eigenvalue weighted by atomic mass is 19.1. The van der Waals surface area contributed by atoms with Crippen LogP contribution in [0.1, 0.15) is 0 Å². The highest BCUT2D eigenvalue weighted by Crippen LogP contribution is 2.21. The van der Waals surface area contributed by atoms with Gasteiger partial charge in [-0.2, -0.15) is 5.10 Å². The van der Waals surface area contributed by atoms with Crippen molar-refractivity contribution >= 4 is 10.9 Å². The van der Waals surface area contributed by atoms with Crippen molar-refractivity contribution in [1.82, 2.24) is 10.2 Å². The molecule has 3 nitrogen and oxygen atoms in total. The van der Waals surface area contributed by atoms with E-state index in [9.17, 15) is 4.39 Å². The second-order valence-corrected chi connectivity index (χ2v) is 2.44. The second-order valence-electron chi connectivity index (χ2n) is 2.44. The number of ether oxygens (including phenoxy) is 1. The van der Waals surface area contributed by atoms with Gasteiger partial charge in [0.25, 0.3) is 0 Å². The van der Waals surface area contributed by atoms with Gasteiger partial charge >= 0.3 is 0 Å². The highest BCUT2D eigenvalue weighted by molar-refractivity contribution is 5.80. The molecule has 2 rings (SSSR count). The average Bonchev–Trinajstić information content (AvgIpc) is 2.52. The SMILES string of the molecule is COc1cc(F)c2cn[nH]c2c1. The normalized spacial score (nSPS) is 10.5. The summed E-state index contributed by atoms with van der Waals surface area (Å²) in [5.41, 5.74) is 0.645. The number of nitrogens with zero attached hydrogens (tertiary/aromatic N) is 1. The van der Waals surface area contributed by atoms with Gasteiger partial charge in [-0.3, -0.25) is 5.10 Å². The number of benzene rings is 1. The van der Waals surface area contributed by atoms with E-state index in [2.05, 4.69) is 10.2 Å². The van der Waals surface area contributed by atoms with E-state index in [1.807, 2.05) is 0 Å². The molecule has 0 saturated heterocycles. The topological polar surface area (TPSA) is 37.9 Å². The lowest BCUT2D eigenvalue weighted by molar-refractivity contribution is 0.412. The Labute approximate surface area is 68.2 Å². The summed E-state index contributed by atoms with van der Waals surface area (Å²) in [6.07, 6.45) is 1.45. The minimum atomic E-state index is -0.321. The van der Waals surface area contributed by atoms with Crippen LogP contribution in [0.3, 0.4) is 0 Å². The first kappa shape index (κ1) is 7.09. The van der Waals surface area contributed by atoms with E-state index in [0.717, 1.165) is 0 Å². The molecule has 0 radical (unpaired) electrons. The van der Waals surface area contributed by atoms with Gasteiger partial charge in [-0.15, -0.1) is 0 Å². The molecule has 4 heteroatoms. The Hall–Kier alpha value is -1.58. The largest absolute Gasteiger partial charge is 0.497 e. The van der Waals surface area contributed by atoms with Crippen molar-refractivity contribution in [3.8, 4) is 5.75 Å². The molecule has 1 heterocycles. The lowest BCUT2D eigenvalue weighted by Gasteiger charge is -1.98. The number of halogens is 1. The van der Waals surface area contributed by atoms with Crippen molar-refractivity contribution in [1.29, 1.82) is 0 Å².